The van der Waals surface area contributed by atoms with Gasteiger partial charge in [-0.3, -0.25) is 9.59 Å². The molecule has 1 aliphatic heterocycles. The first-order valence-corrected chi connectivity index (χ1v) is 15.6. The number of anilines is 1. The Labute approximate surface area is 246 Å². The van der Waals surface area contributed by atoms with Crippen LogP contribution in [0.15, 0.2) is 42.0 Å². The van der Waals surface area contributed by atoms with Crippen LogP contribution in [-0.2, 0) is 25.5 Å². The number of hydrogen-bond acceptors (Lipinski definition) is 5. The zero-order valence-corrected chi connectivity index (χ0v) is 25.3. The van der Waals surface area contributed by atoms with Gasteiger partial charge in [0.15, 0.2) is 0 Å². The van der Waals surface area contributed by atoms with E-state index in [-0.39, 0.29) is 29.8 Å². The molecule has 2 amide bonds. The highest BCUT2D eigenvalue weighted by Gasteiger charge is 2.27. The number of nitrogens with one attached hydrogen (secondary N) is 2. The van der Waals surface area contributed by atoms with Crippen molar-refractivity contribution in [1.82, 2.24) is 5.32 Å². The number of ether oxygens (including phenoxy) is 2. The molecule has 1 fully saturated rings. The molecule has 1 saturated carbocycles. The van der Waals surface area contributed by atoms with Gasteiger partial charge in [-0.05, 0) is 89.3 Å². The van der Waals surface area contributed by atoms with E-state index >= 15 is 0 Å². The van der Waals surface area contributed by atoms with Crippen molar-refractivity contribution in [2.45, 2.75) is 122 Å². The van der Waals surface area contributed by atoms with Crippen LogP contribution in [0.4, 0.5) is 5.69 Å². The lowest BCUT2D eigenvalue weighted by Gasteiger charge is -2.21. The number of amides is 2. The summed E-state index contributed by atoms with van der Waals surface area (Å²) in [5, 5.41) is 5.92. The van der Waals surface area contributed by atoms with Gasteiger partial charge in [0.1, 0.15) is 17.9 Å². The minimum absolute atomic E-state index is 0.0236. The molecule has 1 aromatic carbocycles. The third kappa shape index (κ3) is 12.1. The van der Waals surface area contributed by atoms with Gasteiger partial charge in [-0.1, -0.05) is 49.5 Å². The molecule has 226 valence electrons. The van der Waals surface area contributed by atoms with Crippen LogP contribution in [-0.4, -0.2) is 37.0 Å². The highest BCUT2D eigenvalue weighted by molar-refractivity contribution is 5.91. The second-order valence-electron chi connectivity index (χ2n) is 11.7. The number of benzene rings is 1. The summed E-state index contributed by atoms with van der Waals surface area (Å²) in [5.41, 5.74) is 3.14. The van der Waals surface area contributed by atoms with Crippen LogP contribution in [0.25, 0.3) is 0 Å². The van der Waals surface area contributed by atoms with Crippen molar-refractivity contribution in [2.75, 3.05) is 12.4 Å². The van der Waals surface area contributed by atoms with Gasteiger partial charge in [0, 0.05) is 30.5 Å². The Kier molecular flexibility index (Phi) is 14.0. The van der Waals surface area contributed by atoms with Gasteiger partial charge >= 0.3 is 5.97 Å². The van der Waals surface area contributed by atoms with Gasteiger partial charge in [-0.25, -0.2) is 4.79 Å². The van der Waals surface area contributed by atoms with Crippen LogP contribution in [0, 0.1) is 5.92 Å². The molecule has 1 heterocycles. The fourth-order valence-corrected chi connectivity index (χ4v) is 5.53. The smallest absolute Gasteiger partial charge is 0.328 e. The van der Waals surface area contributed by atoms with Gasteiger partial charge < -0.3 is 20.1 Å². The van der Waals surface area contributed by atoms with Crippen LogP contribution in [0.1, 0.15) is 109 Å². The standard InChI is InChI=1S/C34H50N2O5/c1-25-14-13-15-27-22-29(24-31(23-27)40-3)36-32(37)19-10-8-6-4-5-7-9-18-30(21-20-25)41-34(39)26(2)35-33(38)28-16-11-12-17-28/h7,9,14,22-24,26,28,30H,4-6,8,10-13,15-21H2,1-3H3,(H,35,38)(H,36,37)/b9-7?,25-14+/t26-,30+/m1/s1. The molecule has 2 aliphatic rings. The molecule has 0 saturated heterocycles. The molecule has 1 aliphatic carbocycles. The molecule has 2 bridgehead atoms. The second kappa shape index (κ2) is 17.7. The van der Waals surface area contributed by atoms with Crippen molar-refractivity contribution in [2.24, 2.45) is 5.92 Å². The minimum atomic E-state index is -0.650. The third-order valence-corrected chi connectivity index (χ3v) is 8.08. The molecule has 0 unspecified atom stereocenters. The van der Waals surface area contributed by atoms with E-state index in [1.807, 2.05) is 18.2 Å². The molecular formula is C34H50N2O5. The largest absolute Gasteiger partial charge is 0.497 e. The summed E-state index contributed by atoms with van der Waals surface area (Å²) < 4.78 is 11.4. The number of esters is 1. The van der Waals surface area contributed by atoms with Crippen molar-refractivity contribution in [3.63, 3.8) is 0 Å². The summed E-state index contributed by atoms with van der Waals surface area (Å²) in [7, 11) is 1.64. The van der Waals surface area contributed by atoms with Gasteiger partial charge in [0.25, 0.3) is 0 Å². The molecule has 1 aromatic rings. The van der Waals surface area contributed by atoms with Crippen molar-refractivity contribution >= 4 is 23.5 Å². The average Bonchev–Trinajstić information content (AvgIpc) is 3.49. The van der Waals surface area contributed by atoms with E-state index in [0.717, 1.165) is 100 Å². The minimum Gasteiger partial charge on any atom is -0.497 e. The fraction of sp³-hybridized carbons (Fsp3) is 0.618. The van der Waals surface area contributed by atoms with E-state index in [9.17, 15) is 14.4 Å². The summed E-state index contributed by atoms with van der Waals surface area (Å²) in [6.45, 7) is 3.84. The number of carbonyl (C=O) groups is 3. The number of carbonyl (C=O) groups excluding carboxylic acids is 3. The molecule has 0 spiro atoms. The van der Waals surface area contributed by atoms with E-state index in [1.165, 1.54) is 5.57 Å². The summed E-state index contributed by atoms with van der Waals surface area (Å²) in [6, 6.07) is 5.26. The number of allylic oxidation sites excluding steroid dienone is 3. The first-order chi connectivity index (χ1) is 19.8. The van der Waals surface area contributed by atoms with Gasteiger partial charge in [-0.2, -0.15) is 0 Å². The van der Waals surface area contributed by atoms with E-state index in [0.29, 0.717) is 12.8 Å². The van der Waals surface area contributed by atoms with Crippen molar-refractivity contribution in [3.05, 3.63) is 47.6 Å². The van der Waals surface area contributed by atoms with E-state index in [4.69, 9.17) is 9.47 Å². The Bertz CT molecular complexity index is 1060. The number of fused-ring (bicyclic) bond motifs is 2. The Hall–Kier alpha value is -3.09. The lowest BCUT2D eigenvalue weighted by atomic mass is 10.0. The Morgan fingerprint density at radius 3 is 2.49 bits per heavy atom. The average molecular weight is 567 g/mol. The lowest BCUT2D eigenvalue weighted by Crippen LogP contribution is -2.43. The molecule has 3 rings (SSSR count). The van der Waals surface area contributed by atoms with Crippen molar-refractivity contribution < 1.29 is 23.9 Å². The Balaban J connectivity index is 1.62. The third-order valence-electron chi connectivity index (χ3n) is 8.08. The van der Waals surface area contributed by atoms with Crippen LogP contribution >= 0.6 is 0 Å². The van der Waals surface area contributed by atoms with Crippen molar-refractivity contribution in [3.8, 4) is 5.75 Å². The van der Waals surface area contributed by atoms with Crippen molar-refractivity contribution in [1.29, 1.82) is 0 Å². The molecular weight excluding hydrogens is 516 g/mol. The predicted molar refractivity (Wildman–Crippen MR) is 164 cm³/mol. The molecule has 7 nitrogen and oxygen atoms in total. The van der Waals surface area contributed by atoms with Gasteiger partial charge in [0.05, 0.1) is 7.11 Å². The van der Waals surface area contributed by atoms with E-state index in [1.54, 1.807) is 14.0 Å². The Morgan fingerprint density at radius 2 is 1.71 bits per heavy atom. The maximum absolute atomic E-state index is 12.9. The predicted octanol–water partition coefficient (Wildman–Crippen LogP) is 7.20. The Morgan fingerprint density at radius 1 is 0.927 bits per heavy atom. The highest BCUT2D eigenvalue weighted by atomic mass is 16.5. The molecule has 7 heteroatoms. The molecule has 2 N–H and O–H groups in total. The summed E-state index contributed by atoms with van der Waals surface area (Å²) in [5.74, 6) is 0.414. The SMILES string of the molecule is COc1cc2cc(c1)NC(=O)CCCCCCC=CC[C@H](OC(=O)[C@@H](C)NC(=O)C1CCCC1)CC/C(C)=C/CC2. The summed E-state index contributed by atoms with van der Waals surface area (Å²) in [6.07, 6.45) is 19.7. The summed E-state index contributed by atoms with van der Waals surface area (Å²) >= 11 is 0. The van der Waals surface area contributed by atoms with Crippen LogP contribution in [0.3, 0.4) is 0 Å². The van der Waals surface area contributed by atoms with Crippen LogP contribution in [0.2, 0.25) is 0 Å². The zero-order chi connectivity index (χ0) is 29.5. The number of aryl methyl sites for hydroxylation is 1. The normalized spacial score (nSPS) is 22.4. The maximum atomic E-state index is 12.9. The first-order valence-electron chi connectivity index (χ1n) is 15.6. The maximum Gasteiger partial charge on any atom is 0.328 e. The second-order valence-corrected chi connectivity index (χ2v) is 11.7. The summed E-state index contributed by atoms with van der Waals surface area (Å²) in [4.78, 5) is 37.9. The number of rotatable bonds is 5. The number of methoxy groups -OCH3 is 1. The first kappa shape index (κ1) is 32.4. The molecule has 2 atom stereocenters. The van der Waals surface area contributed by atoms with Gasteiger partial charge in [0.2, 0.25) is 11.8 Å². The topological polar surface area (TPSA) is 93.7 Å². The van der Waals surface area contributed by atoms with E-state index in [2.05, 4.69) is 35.8 Å². The fourth-order valence-electron chi connectivity index (χ4n) is 5.53. The molecule has 41 heavy (non-hydrogen) atoms. The van der Waals surface area contributed by atoms with Gasteiger partial charge in [-0.15, -0.1) is 0 Å². The molecule has 0 radical (unpaired) electrons. The lowest BCUT2D eigenvalue weighted by molar-refractivity contribution is -0.153. The monoisotopic (exact) mass is 566 g/mol. The van der Waals surface area contributed by atoms with Crippen LogP contribution in [0.5, 0.6) is 5.75 Å². The van der Waals surface area contributed by atoms with E-state index < -0.39 is 6.04 Å². The van der Waals surface area contributed by atoms with Crippen LogP contribution < -0.4 is 15.4 Å². The molecule has 0 aromatic heterocycles. The zero-order valence-electron chi connectivity index (χ0n) is 25.3. The number of hydrogen-bond donors (Lipinski definition) is 2. The quantitative estimate of drug-likeness (QED) is 0.290. The highest BCUT2D eigenvalue weighted by Crippen LogP contribution is 2.25.